The lowest BCUT2D eigenvalue weighted by molar-refractivity contribution is 0.269. The fourth-order valence-electron chi connectivity index (χ4n) is 3.30. The summed E-state index contributed by atoms with van der Waals surface area (Å²) in [5.74, 6) is 2.18. The molecule has 130 valence electrons. The molecule has 2 aromatic carbocycles. The number of rotatable bonds is 8. The molecule has 0 fully saturated rings. The van der Waals surface area contributed by atoms with Crippen LogP contribution in [0.15, 0.2) is 42.5 Å². The van der Waals surface area contributed by atoms with Crippen molar-refractivity contribution in [1.29, 1.82) is 0 Å². The second-order valence-electron chi connectivity index (χ2n) is 6.23. The van der Waals surface area contributed by atoms with Gasteiger partial charge in [-0.15, -0.1) is 0 Å². The first-order chi connectivity index (χ1) is 11.6. The Balaban J connectivity index is 2.27. The topological polar surface area (TPSA) is 38.7 Å². The predicted octanol–water partition coefficient (Wildman–Crippen LogP) is 4.88. The van der Waals surface area contributed by atoms with Gasteiger partial charge in [0.2, 0.25) is 0 Å². The zero-order chi connectivity index (χ0) is 17.5. The second-order valence-corrected chi connectivity index (χ2v) is 6.23. The van der Waals surface area contributed by atoms with E-state index in [1.54, 1.807) is 14.2 Å². The van der Waals surface area contributed by atoms with Gasteiger partial charge in [-0.1, -0.05) is 44.2 Å². The van der Waals surface area contributed by atoms with Gasteiger partial charge in [0, 0.05) is 5.56 Å². The minimum Gasteiger partial charge on any atom is -0.493 e. The number of hydrogen-bond acceptors (Lipinski definition) is 3. The van der Waals surface area contributed by atoms with E-state index in [9.17, 15) is 5.11 Å². The van der Waals surface area contributed by atoms with Gasteiger partial charge >= 0.3 is 0 Å². The Kier molecular flexibility index (Phi) is 6.68. The zero-order valence-electron chi connectivity index (χ0n) is 15.1. The van der Waals surface area contributed by atoms with Crippen LogP contribution in [0.1, 0.15) is 55.2 Å². The molecule has 2 rings (SSSR count). The molecule has 0 aliphatic carbocycles. The highest BCUT2D eigenvalue weighted by Gasteiger charge is 2.19. The lowest BCUT2D eigenvalue weighted by atomic mass is 9.84. The van der Waals surface area contributed by atoms with Crippen molar-refractivity contribution in [1.82, 2.24) is 0 Å². The molecule has 2 unspecified atom stereocenters. The normalized spacial score (nSPS) is 13.4. The van der Waals surface area contributed by atoms with E-state index in [1.807, 2.05) is 12.1 Å². The Bertz CT molecular complexity index is 612. The standard InChI is InChI=1S/C21H28O3/c1-5-16(17-9-7-6-8-10-17)11-15(2)18-12-19(14-22)21(24-4)20(13-18)23-3/h6-10,12-13,15-16,22H,5,11,14H2,1-4H3. The van der Waals surface area contributed by atoms with E-state index in [0.717, 1.165) is 18.4 Å². The third-order valence-electron chi connectivity index (χ3n) is 4.72. The second kappa shape index (κ2) is 8.74. The van der Waals surface area contributed by atoms with E-state index in [2.05, 4.69) is 44.2 Å². The van der Waals surface area contributed by atoms with Crippen LogP contribution in [0, 0.1) is 0 Å². The lowest BCUT2D eigenvalue weighted by Gasteiger charge is -2.22. The maximum atomic E-state index is 9.65. The number of aliphatic hydroxyl groups excluding tert-OH is 1. The van der Waals surface area contributed by atoms with Crippen molar-refractivity contribution in [2.45, 2.75) is 45.1 Å². The molecule has 0 aliphatic rings. The lowest BCUT2D eigenvalue weighted by Crippen LogP contribution is -2.05. The van der Waals surface area contributed by atoms with Gasteiger partial charge in [0.25, 0.3) is 0 Å². The van der Waals surface area contributed by atoms with Crippen LogP contribution < -0.4 is 9.47 Å². The van der Waals surface area contributed by atoms with E-state index in [0.29, 0.717) is 23.3 Å². The van der Waals surface area contributed by atoms with Gasteiger partial charge in [-0.25, -0.2) is 0 Å². The molecule has 3 nitrogen and oxygen atoms in total. The van der Waals surface area contributed by atoms with Crippen molar-refractivity contribution in [3.05, 3.63) is 59.2 Å². The van der Waals surface area contributed by atoms with E-state index < -0.39 is 0 Å². The Morgan fingerprint density at radius 1 is 1.00 bits per heavy atom. The highest BCUT2D eigenvalue weighted by Crippen LogP contribution is 2.38. The minimum atomic E-state index is -0.0595. The average Bonchev–Trinajstić information content (AvgIpc) is 2.65. The van der Waals surface area contributed by atoms with Crippen LogP contribution in [-0.4, -0.2) is 19.3 Å². The Hall–Kier alpha value is -2.00. The Labute approximate surface area is 145 Å². The highest BCUT2D eigenvalue weighted by atomic mass is 16.5. The van der Waals surface area contributed by atoms with Crippen molar-refractivity contribution >= 4 is 0 Å². The molecular weight excluding hydrogens is 300 g/mol. The van der Waals surface area contributed by atoms with Gasteiger partial charge in [-0.3, -0.25) is 0 Å². The number of hydrogen-bond donors (Lipinski definition) is 1. The largest absolute Gasteiger partial charge is 0.493 e. The highest BCUT2D eigenvalue weighted by molar-refractivity contribution is 5.50. The first kappa shape index (κ1) is 18.3. The van der Waals surface area contributed by atoms with Crippen molar-refractivity contribution in [3.8, 4) is 11.5 Å². The Morgan fingerprint density at radius 2 is 1.71 bits per heavy atom. The molecule has 0 radical (unpaired) electrons. The zero-order valence-corrected chi connectivity index (χ0v) is 15.1. The molecule has 0 amide bonds. The molecule has 1 N–H and O–H groups in total. The van der Waals surface area contributed by atoms with Crippen LogP contribution in [0.25, 0.3) is 0 Å². The molecule has 2 aromatic rings. The number of ether oxygens (including phenoxy) is 2. The molecule has 0 aliphatic heterocycles. The summed E-state index contributed by atoms with van der Waals surface area (Å²) in [5.41, 5.74) is 3.33. The molecule has 0 saturated heterocycles. The van der Waals surface area contributed by atoms with Gasteiger partial charge in [-0.2, -0.15) is 0 Å². The average molecular weight is 328 g/mol. The third-order valence-corrected chi connectivity index (χ3v) is 4.72. The summed E-state index contributed by atoms with van der Waals surface area (Å²) in [6, 6.07) is 14.7. The van der Waals surface area contributed by atoms with Gasteiger partial charge < -0.3 is 14.6 Å². The quantitative estimate of drug-likeness (QED) is 0.750. The van der Waals surface area contributed by atoms with Crippen LogP contribution >= 0.6 is 0 Å². The van der Waals surface area contributed by atoms with Gasteiger partial charge in [0.05, 0.1) is 20.8 Å². The first-order valence-electron chi connectivity index (χ1n) is 8.55. The maximum Gasteiger partial charge on any atom is 0.166 e. The van der Waals surface area contributed by atoms with Crippen molar-refractivity contribution in [3.63, 3.8) is 0 Å². The van der Waals surface area contributed by atoms with E-state index in [4.69, 9.17) is 9.47 Å². The minimum absolute atomic E-state index is 0.0595. The van der Waals surface area contributed by atoms with E-state index >= 15 is 0 Å². The van der Waals surface area contributed by atoms with Crippen LogP contribution in [0.4, 0.5) is 0 Å². The smallest absolute Gasteiger partial charge is 0.166 e. The van der Waals surface area contributed by atoms with Crippen LogP contribution in [-0.2, 0) is 6.61 Å². The molecule has 3 heteroatoms. The summed E-state index contributed by atoms with van der Waals surface area (Å²) in [4.78, 5) is 0. The summed E-state index contributed by atoms with van der Waals surface area (Å²) in [6.07, 6.45) is 2.16. The fraction of sp³-hybridized carbons (Fsp3) is 0.429. The van der Waals surface area contributed by atoms with Crippen molar-refractivity contribution in [2.24, 2.45) is 0 Å². The summed E-state index contributed by atoms with van der Waals surface area (Å²) in [6.45, 7) is 4.40. The van der Waals surface area contributed by atoms with Crippen LogP contribution in [0.2, 0.25) is 0 Å². The van der Waals surface area contributed by atoms with E-state index in [-0.39, 0.29) is 6.61 Å². The maximum absolute atomic E-state index is 9.65. The molecular formula is C21H28O3. The molecule has 0 heterocycles. The monoisotopic (exact) mass is 328 g/mol. The molecule has 0 aromatic heterocycles. The molecule has 0 bridgehead atoms. The summed E-state index contributed by atoms with van der Waals surface area (Å²) in [7, 11) is 3.23. The van der Waals surface area contributed by atoms with Gasteiger partial charge in [-0.05, 0) is 47.9 Å². The SMILES string of the molecule is CCC(CC(C)c1cc(CO)c(OC)c(OC)c1)c1ccccc1. The van der Waals surface area contributed by atoms with E-state index in [1.165, 1.54) is 11.1 Å². The summed E-state index contributed by atoms with van der Waals surface area (Å²) >= 11 is 0. The third kappa shape index (κ3) is 4.09. The Morgan fingerprint density at radius 3 is 2.25 bits per heavy atom. The van der Waals surface area contributed by atoms with Gasteiger partial charge in [0.1, 0.15) is 0 Å². The van der Waals surface area contributed by atoms with Crippen LogP contribution in [0.5, 0.6) is 11.5 Å². The van der Waals surface area contributed by atoms with Crippen molar-refractivity contribution in [2.75, 3.05) is 14.2 Å². The molecule has 24 heavy (non-hydrogen) atoms. The number of aliphatic hydroxyl groups is 1. The fourth-order valence-corrected chi connectivity index (χ4v) is 3.30. The van der Waals surface area contributed by atoms with Crippen molar-refractivity contribution < 1.29 is 14.6 Å². The molecule has 0 saturated carbocycles. The molecule has 0 spiro atoms. The number of methoxy groups -OCH3 is 2. The van der Waals surface area contributed by atoms with Gasteiger partial charge in [0.15, 0.2) is 11.5 Å². The predicted molar refractivity (Wildman–Crippen MR) is 98.0 cm³/mol. The molecule has 2 atom stereocenters. The summed E-state index contributed by atoms with van der Waals surface area (Å²) in [5, 5.41) is 9.65. The number of benzene rings is 2. The first-order valence-corrected chi connectivity index (χ1v) is 8.55. The summed E-state index contributed by atoms with van der Waals surface area (Å²) < 4.78 is 10.8. The van der Waals surface area contributed by atoms with Crippen LogP contribution in [0.3, 0.4) is 0 Å².